The first kappa shape index (κ1) is 23.5. The summed E-state index contributed by atoms with van der Waals surface area (Å²) in [7, 11) is -3.90. The quantitative estimate of drug-likeness (QED) is 0.622. The first-order valence-electron chi connectivity index (χ1n) is 9.47. The molecule has 0 unspecified atom stereocenters. The van der Waals surface area contributed by atoms with Crippen LogP contribution in [0.25, 0.3) is 0 Å². The summed E-state index contributed by atoms with van der Waals surface area (Å²) in [5.41, 5.74) is 0.405. The molecular weight excluding hydrogens is 465 g/mol. The second-order valence-corrected chi connectivity index (χ2v) is 10.2. The molecule has 1 aliphatic heterocycles. The third-order valence-corrected chi connectivity index (χ3v) is 7.66. The predicted octanol–water partition coefficient (Wildman–Crippen LogP) is 2.57. The van der Waals surface area contributed by atoms with Crippen LogP contribution < -0.4 is 5.32 Å². The van der Waals surface area contributed by atoms with Crippen LogP contribution in [0.2, 0.25) is 10.0 Å². The molecule has 1 fully saturated rings. The number of benzene rings is 1. The molecular formula is C20H21Cl2N3O5S. The SMILES string of the molecule is O=C(O)CS(=O)(=O)N1CCC(CNC(=O)c2ccc(Cl)cc2Cl)(c2ccccn2)CC1. The minimum Gasteiger partial charge on any atom is -0.480 e. The lowest BCUT2D eigenvalue weighted by atomic mass is 9.75. The number of sulfonamides is 1. The van der Waals surface area contributed by atoms with Gasteiger partial charge >= 0.3 is 5.97 Å². The summed E-state index contributed by atoms with van der Waals surface area (Å²) >= 11 is 12.0. The van der Waals surface area contributed by atoms with Crippen molar-refractivity contribution in [3.05, 3.63) is 63.9 Å². The van der Waals surface area contributed by atoms with Gasteiger partial charge in [0.05, 0.1) is 10.6 Å². The molecule has 166 valence electrons. The van der Waals surface area contributed by atoms with Gasteiger partial charge in [0.2, 0.25) is 10.0 Å². The van der Waals surface area contributed by atoms with Gasteiger partial charge in [-0.15, -0.1) is 0 Å². The molecule has 3 rings (SSSR count). The number of carboxylic acids is 1. The van der Waals surface area contributed by atoms with Crippen LogP contribution in [0.15, 0.2) is 42.6 Å². The number of hydrogen-bond donors (Lipinski definition) is 2. The number of rotatable bonds is 7. The van der Waals surface area contributed by atoms with E-state index < -0.39 is 27.2 Å². The molecule has 1 saturated heterocycles. The Morgan fingerprint density at radius 1 is 1.16 bits per heavy atom. The minimum atomic E-state index is -3.90. The van der Waals surface area contributed by atoms with Crippen LogP contribution in [0.5, 0.6) is 0 Å². The van der Waals surface area contributed by atoms with Crippen molar-refractivity contribution in [3.63, 3.8) is 0 Å². The Morgan fingerprint density at radius 2 is 1.87 bits per heavy atom. The van der Waals surface area contributed by atoms with Crippen molar-refractivity contribution < 1.29 is 23.1 Å². The number of aromatic nitrogens is 1. The number of carbonyl (C=O) groups is 2. The van der Waals surface area contributed by atoms with Crippen LogP contribution in [0.4, 0.5) is 0 Å². The van der Waals surface area contributed by atoms with Gasteiger partial charge in [0.25, 0.3) is 5.91 Å². The van der Waals surface area contributed by atoms with Crippen LogP contribution >= 0.6 is 23.2 Å². The van der Waals surface area contributed by atoms with Crippen molar-refractivity contribution in [1.82, 2.24) is 14.6 Å². The smallest absolute Gasteiger partial charge is 0.320 e. The van der Waals surface area contributed by atoms with Gasteiger partial charge < -0.3 is 10.4 Å². The van der Waals surface area contributed by atoms with E-state index in [2.05, 4.69) is 10.3 Å². The largest absolute Gasteiger partial charge is 0.480 e. The normalized spacial score (nSPS) is 16.6. The van der Waals surface area contributed by atoms with Gasteiger partial charge in [-0.05, 0) is 43.2 Å². The Labute approximate surface area is 190 Å². The molecule has 8 nitrogen and oxygen atoms in total. The fraction of sp³-hybridized carbons (Fsp3) is 0.350. The highest BCUT2D eigenvalue weighted by molar-refractivity contribution is 7.89. The Morgan fingerprint density at radius 3 is 2.45 bits per heavy atom. The molecule has 0 saturated carbocycles. The maximum Gasteiger partial charge on any atom is 0.320 e. The monoisotopic (exact) mass is 485 g/mol. The fourth-order valence-corrected chi connectivity index (χ4v) is 5.39. The van der Waals surface area contributed by atoms with Crippen molar-refractivity contribution >= 4 is 45.1 Å². The van der Waals surface area contributed by atoms with Crippen LogP contribution in [0.3, 0.4) is 0 Å². The van der Waals surface area contributed by atoms with Crippen LogP contribution in [0.1, 0.15) is 28.9 Å². The Balaban J connectivity index is 1.79. The highest BCUT2D eigenvalue weighted by Gasteiger charge is 2.41. The molecule has 2 N–H and O–H groups in total. The lowest BCUT2D eigenvalue weighted by Gasteiger charge is -2.41. The van der Waals surface area contributed by atoms with E-state index in [1.807, 2.05) is 12.1 Å². The summed E-state index contributed by atoms with van der Waals surface area (Å²) in [5.74, 6) is -2.72. The second kappa shape index (κ2) is 9.52. The summed E-state index contributed by atoms with van der Waals surface area (Å²) in [6, 6.07) is 10.0. The van der Waals surface area contributed by atoms with Crippen molar-refractivity contribution in [2.45, 2.75) is 18.3 Å². The van der Waals surface area contributed by atoms with E-state index >= 15 is 0 Å². The molecule has 2 aromatic rings. The molecule has 1 aromatic carbocycles. The Hall–Kier alpha value is -2.20. The number of carbonyl (C=O) groups excluding carboxylic acids is 1. The van der Waals surface area contributed by atoms with Gasteiger partial charge in [-0.1, -0.05) is 29.3 Å². The van der Waals surface area contributed by atoms with Crippen molar-refractivity contribution in [2.24, 2.45) is 0 Å². The number of halogens is 2. The molecule has 11 heteroatoms. The standard InChI is InChI=1S/C20H21Cl2N3O5S/c21-14-4-5-15(16(22)11-14)19(28)24-13-20(17-3-1-2-8-23-17)6-9-25(10-7-20)31(29,30)12-18(26)27/h1-5,8,11H,6-7,9-10,12-13H2,(H,24,28)(H,26,27). The van der Waals surface area contributed by atoms with Gasteiger partial charge in [0.15, 0.2) is 5.75 Å². The summed E-state index contributed by atoms with van der Waals surface area (Å²) in [6.45, 7) is 0.474. The summed E-state index contributed by atoms with van der Waals surface area (Å²) in [4.78, 5) is 28.0. The fourth-order valence-electron chi connectivity index (χ4n) is 3.66. The molecule has 1 aliphatic rings. The molecule has 1 amide bonds. The summed E-state index contributed by atoms with van der Waals surface area (Å²) in [5, 5.41) is 12.4. The van der Waals surface area contributed by atoms with E-state index in [1.54, 1.807) is 18.3 Å². The van der Waals surface area contributed by atoms with E-state index in [0.717, 1.165) is 5.69 Å². The maximum atomic E-state index is 12.7. The van der Waals surface area contributed by atoms with Crippen molar-refractivity contribution in [3.8, 4) is 0 Å². The number of piperidine rings is 1. The van der Waals surface area contributed by atoms with E-state index in [1.165, 1.54) is 16.4 Å². The van der Waals surface area contributed by atoms with Crippen molar-refractivity contribution in [2.75, 3.05) is 25.4 Å². The van der Waals surface area contributed by atoms with E-state index in [0.29, 0.717) is 17.9 Å². The number of hydrogen-bond acceptors (Lipinski definition) is 5. The first-order chi connectivity index (χ1) is 14.6. The third kappa shape index (κ3) is 5.54. The van der Waals surface area contributed by atoms with Crippen molar-refractivity contribution in [1.29, 1.82) is 0 Å². The molecule has 2 heterocycles. The third-order valence-electron chi connectivity index (χ3n) is 5.35. The van der Waals surface area contributed by atoms with Gasteiger partial charge in [-0.3, -0.25) is 14.6 Å². The molecule has 0 radical (unpaired) electrons. The average Bonchev–Trinajstić information content (AvgIpc) is 2.72. The molecule has 1 aromatic heterocycles. The number of carboxylic acid groups (broad SMARTS) is 1. The topological polar surface area (TPSA) is 117 Å². The number of amides is 1. The summed E-state index contributed by atoms with van der Waals surface area (Å²) < 4.78 is 25.8. The van der Waals surface area contributed by atoms with Crippen LogP contribution in [-0.2, 0) is 20.2 Å². The highest BCUT2D eigenvalue weighted by Crippen LogP contribution is 2.35. The van der Waals surface area contributed by atoms with Gasteiger partial charge in [-0.25, -0.2) is 12.7 Å². The maximum absolute atomic E-state index is 12.7. The van der Waals surface area contributed by atoms with Gasteiger partial charge in [0, 0.05) is 42.0 Å². The molecule has 0 atom stereocenters. The lowest BCUT2D eigenvalue weighted by Crippen LogP contribution is -2.51. The Bertz CT molecular complexity index is 1070. The number of nitrogens with zero attached hydrogens (tertiary/aromatic N) is 2. The predicted molar refractivity (Wildman–Crippen MR) is 117 cm³/mol. The van der Waals surface area contributed by atoms with E-state index in [9.17, 15) is 18.0 Å². The van der Waals surface area contributed by atoms with Crippen LogP contribution in [0, 0.1) is 0 Å². The zero-order chi connectivity index (χ0) is 22.6. The number of nitrogens with one attached hydrogen (secondary N) is 1. The molecule has 0 aliphatic carbocycles. The Kier molecular flexibility index (Phi) is 7.20. The van der Waals surface area contributed by atoms with E-state index in [4.69, 9.17) is 28.3 Å². The highest BCUT2D eigenvalue weighted by atomic mass is 35.5. The first-order valence-corrected chi connectivity index (χ1v) is 11.8. The van der Waals surface area contributed by atoms with Crippen LogP contribution in [-0.4, -0.2) is 60.1 Å². The van der Waals surface area contributed by atoms with E-state index in [-0.39, 0.29) is 36.1 Å². The lowest BCUT2D eigenvalue weighted by molar-refractivity contribution is -0.134. The number of pyridine rings is 1. The molecule has 0 spiro atoms. The minimum absolute atomic E-state index is 0.129. The molecule has 31 heavy (non-hydrogen) atoms. The molecule has 0 bridgehead atoms. The number of aliphatic carboxylic acids is 1. The second-order valence-electron chi connectivity index (χ2n) is 7.35. The van der Waals surface area contributed by atoms with Gasteiger partial charge in [0.1, 0.15) is 0 Å². The average molecular weight is 486 g/mol. The zero-order valence-electron chi connectivity index (χ0n) is 16.4. The summed E-state index contributed by atoms with van der Waals surface area (Å²) in [6.07, 6.45) is 2.39. The zero-order valence-corrected chi connectivity index (χ0v) is 18.8. The van der Waals surface area contributed by atoms with Gasteiger partial charge in [-0.2, -0.15) is 0 Å².